The molecule has 86 valence electrons. The van der Waals surface area contributed by atoms with Crippen LogP contribution in [0.15, 0.2) is 64.4 Å². The maximum atomic E-state index is 6.30. The summed E-state index contributed by atoms with van der Waals surface area (Å²) in [7, 11) is 0. The molecule has 1 aliphatic rings. The van der Waals surface area contributed by atoms with E-state index in [2.05, 4.69) is 48.5 Å². The predicted octanol–water partition coefficient (Wildman–Crippen LogP) is 5.62. The highest BCUT2D eigenvalue weighted by Crippen LogP contribution is 2.48. The monoisotopic (exact) mass is 268 g/mol. The summed E-state index contributed by atoms with van der Waals surface area (Å²) in [5.74, 6) is 0. The van der Waals surface area contributed by atoms with Crippen LogP contribution in [0.3, 0.4) is 0 Å². The zero-order chi connectivity index (χ0) is 12.1. The summed E-state index contributed by atoms with van der Waals surface area (Å²) < 4.78 is 0. The van der Waals surface area contributed by atoms with Gasteiger partial charge in [-0.15, -0.1) is 0 Å². The van der Waals surface area contributed by atoms with Gasteiger partial charge in [-0.1, -0.05) is 59.8 Å². The maximum absolute atomic E-state index is 6.30. The van der Waals surface area contributed by atoms with Crippen molar-refractivity contribution in [3.63, 3.8) is 0 Å². The molecular formula is C16H9ClS. The Hall–Kier alpha value is -1.44. The van der Waals surface area contributed by atoms with Gasteiger partial charge in [0.1, 0.15) is 0 Å². The number of hydrogen-bond donors (Lipinski definition) is 0. The van der Waals surface area contributed by atoms with Crippen LogP contribution >= 0.6 is 23.4 Å². The molecule has 1 aliphatic heterocycles. The Labute approximate surface area is 115 Å². The number of benzene rings is 3. The molecule has 18 heavy (non-hydrogen) atoms. The lowest BCUT2D eigenvalue weighted by Crippen LogP contribution is -1.92. The van der Waals surface area contributed by atoms with E-state index in [9.17, 15) is 0 Å². The molecule has 0 amide bonds. The minimum atomic E-state index is 0.829. The fraction of sp³-hybridized carbons (Fsp3) is 0. The van der Waals surface area contributed by atoms with E-state index in [-0.39, 0.29) is 0 Å². The molecule has 0 unspecified atom stereocenters. The Bertz CT molecular complexity index is 777. The second-order valence-corrected chi connectivity index (χ2v) is 5.86. The fourth-order valence-corrected chi connectivity index (χ4v) is 3.90. The van der Waals surface area contributed by atoms with Gasteiger partial charge < -0.3 is 0 Å². The quantitative estimate of drug-likeness (QED) is 0.399. The second kappa shape index (κ2) is 3.78. The van der Waals surface area contributed by atoms with Crippen molar-refractivity contribution in [1.82, 2.24) is 0 Å². The molecule has 0 radical (unpaired) electrons. The van der Waals surface area contributed by atoms with Crippen LogP contribution in [0.5, 0.6) is 0 Å². The Morgan fingerprint density at radius 2 is 1.56 bits per heavy atom. The fourth-order valence-electron chi connectivity index (χ4n) is 2.54. The van der Waals surface area contributed by atoms with Crippen LogP contribution in [0.2, 0.25) is 5.02 Å². The summed E-state index contributed by atoms with van der Waals surface area (Å²) in [4.78, 5) is 2.61. The van der Waals surface area contributed by atoms with Crippen molar-refractivity contribution in [1.29, 1.82) is 0 Å². The van der Waals surface area contributed by atoms with Gasteiger partial charge in [0.2, 0.25) is 0 Å². The molecule has 0 aromatic heterocycles. The predicted molar refractivity (Wildman–Crippen MR) is 78.5 cm³/mol. The van der Waals surface area contributed by atoms with E-state index in [0.29, 0.717) is 0 Å². The van der Waals surface area contributed by atoms with E-state index in [4.69, 9.17) is 11.6 Å². The molecule has 0 saturated carbocycles. The van der Waals surface area contributed by atoms with Gasteiger partial charge in [-0.3, -0.25) is 0 Å². The summed E-state index contributed by atoms with van der Waals surface area (Å²) in [5, 5.41) is 3.26. The van der Waals surface area contributed by atoms with Crippen LogP contribution in [-0.2, 0) is 0 Å². The third kappa shape index (κ3) is 1.35. The van der Waals surface area contributed by atoms with Crippen molar-refractivity contribution in [2.24, 2.45) is 0 Å². The largest absolute Gasteiger partial charge is 0.0888 e. The molecule has 0 bridgehead atoms. The molecule has 3 aromatic rings. The average Bonchev–Trinajstić information content (AvgIpc) is 2.42. The smallest absolute Gasteiger partial charge is 0.0485 e. The summed E-state index contributed by atoms with van der Waals surface area (Å²) in [6.07, 6.45) is 0. The van der Waals surface area contributed by atoms with Gasteiger partial charge in [0.05, 0.1) is 0 Å². The third-order valence-electron chi connectivity index (χ3n) is 3.35. The summed E-state index contributed by atoms with van der Waals surface area (Å²) in [6.45, 7) is 0. The first kappa shape index (κ1) is 10.5. The molecule has 0 aliphatic carbocycles. The van der Waals surface area contributed by atoms with E-state index in [1.165, 1.54) is 26.3 Å². The van der Waals surface area contributed by atoms with Crippen LogP contribution in [0.1, 0.15) is 0 Å². The number of hydrogen-bond acceptors (Lipinski definition) is 1. The van der Waals surface area contributed by atoms with Gasteiger partial charge in [-0.2, -0.15) is 0 Å². The Balaban J connectivity index is 2.22. The van der Waals surface area contributed by atoms with Gasteiger partial charge in [-0.25, -0.2) is 0 Å². The normalized spacial score (nSPS) is 12.5. The maximum Gasteiger partial charge on any atom is 0.0485 e. The van der Waals surface area contributed by atoms with Gasteiger partial charge in [0.15, 0.2) is 0 Å². The van der Waals surface area contributed by atoms with E-state index >= 15 is 0 Å². The number of halogens is 1. The van der Waals surface area contributed by atoms with E-state index in [0.717, 1.165) is 10.4 Å². The van der Waals surface area contributed by atoms with Gasteiger partial charge in [0.25, 0.3) is 0 Å². The lowest BCUT2D eigenvalue weighted by atomic mass is 9.97. The second-order valence-electron chi connectivity index (χ2n) is 4.37. The van der Waals surface area contributed by atoms with E-state index < -0.39 is 0 Å². The Morgan fingerprint density at radius 1 is 0.722 bits per heavy atom. The van der Waals surface area contributed by atoms with Crippen molar-refractivity contribution in [2.75, 3.05) is 0 Å². The molecule has 1 heterocycles. The van der Waals surface area contributed by atoms with Gasteiger partial charge in [-0.05, 0) is 29.3 Å². The van der Waals surface area contributed by atoms with Gasteiger partial charge in [0, 0.05) is 25.6 Å². The molecular weight excluding hydrogens is 260 g/mol. The number of rotatable bonds is 0. The first-order chi connectivity index (χ1) is 8.84. The lowest BCUT2D eigenvalue weighted by Gasteiger charge is -2.20. The molecule has 3 aromatic carbocycles. The van der Waals surface area contributed by atoms with Crippen molar-refractivity contribution in [2.45, 2.75) is 9.79 Å². The lowest BCUT2D eigenvalue weighted by molar-refractivity contribution is 1.40. The molecule has 0 saturated heterocycles. The van der Waals surface area contributed by atoms with Crippen LogP contribution in [-0.4, -0.2) is 0 Å². The SMILES string of the molecule is Clc1ccc2c3c(cccc13)Sc1ccccc1-2. The van der Waals surface area contributed by atoms with Crippen molar-refractivity contribution in [3.05, 3.63) is 59.6 Å². The van der Waals surface area contributed by atoms with E-state index in [1.807, 2.05) is 17.8 Å². The highest BCUT2D eigenvalue weighted by atomic mass is 35.5. The van der Waals surface area contributed by atoms with Crippen LogP contribution in [0, 0.1) is 0 Å². The molecule has 0 nitrogen and oxygen atoms in total. The van der Waals surface area contributed by atoms with Crippen LogP contribution in [0.4, 0.5) is 0 Å². The first-order valence-corrected chi connectivity index (χ1v) is 7.02. The topological polar surface area (TPSA) is 0 Å². The molecule has 0 fully saturated rings. The minimum Gasteiger partial charge on any atom is -0.0888 e. The summed E-state index contributed by atoms with van der Waals surface area (Å²) in [5.41, 5.74) is 2.60. The number of fused-ring (bicyclic) bond motifs is 2. The Kier molecular flexibility index (Phi) is 2.20. The summed E-state index contributed by atoms with van der Waals surface area (Å²) >= 11 is 8.12. The van der Waals surface area contributed by atoms with Crippen molar-refractivity contribution in [3.8, 4) is 11.1 Å². The van der Waals surface area contributed by atoms with Crippen LogP contribution < -0.4 is 0 Å². The molecule has 4 rings (SSSR count). The summed E-state index contributed by atoms with van der Waals surface area (Å²) in [6, 6.07) is 19.0. The highest BCUT2D eigenvalue weighted by molar-refractivity contribution is 7.99. The van der Waals surface area contributed by atoms with Crippen molar-refractivity contribution < 1.29 is 0 Å². The minimum absolute atomic E-state index is 0.829. The van der Waals surface area contributed by atoms with Gasteiger partial charge >= 0.3 is 0 Å². The zero-order valence-electron chi connectivity index (χ0n) is 9.48. The zero-order valence-corrected chi connectivity index (χ0v) is 11.1. The third-order valence-corrected chi connectivity index (χ3v) is 4.81. The van der Waals surface area contributed by atoms with Crippen LogP contribution in [0.25, 0.3) is 21.9 Å². The molecule has 0 atom stereocenters. The van der Waals surface area contributed by atoms with E-state index in [1.54, 1.807) is 0 Å². The first-order valence-electron chi connectivity index (χ1n) is 5.83. The Morgan fingerprint density at radius 3 is 2.50 bits per heavy atom. The average molecular weight is 269 g/mol. The molecule has 2 heteroatoms. The van der Waals surface area contributed by atoms with Crippen molar-refractivity contribution >= 4 is 34.1 Å². The highest BCUT2D eigenvalue weighted by Gasteiger charge is 2.19. The standard InChI is InChI=1S/C16H9ClS/c17-13-9-8-11-10-4-1-2-6-14(10)18-15-7-3-5-12(13)16(11)15/h1-9H. The molecule has 0 spiro atoms. The molecule has 0 N–H and O–H groups in total.